The SMILES string of the molecule is CCCOC(=O)c1ccc(=O)n(CCC)n1. The molecule has 0 aromatic carbocycles. The third-order valence-electron chi connectivity index (χ3n) is 1.95. The molecule has 16 heavy (non-hydrogen) atoms. The monoisotopic (exact) mass is 224 g/mol. The number of esters is 1. The Bertz CT molecular complexity index is 412. The maximum absolute atomic E-state index is 11.5. The Hall–Kier alpha value is -1.65. The lowest BCUT2D eigenvalue weighted by Gasteiger charge is -2.05. The minimum absolute atomic E-state index is 0.182. The number of carbonyl (C=O) groups is 1. The second-order valence-corrected chi connectivity index (χ2v) is 3.42. The van der Waals surface area contributed by atoms with Gasteiger partial charge in [0.25, 0.3) is 5.56 Å². The molecule has 0 aliphatic rings. The summed E-state index contributed by atoms with van der Waals surface area (Å²) >= 11 is 0. The summed E-state index contributed by atoms with van der Waals surface area (Å²) in [4.78, 5) is 22.8. The van der Waals surface area contributed by atoms with Crippen molar-refractivity contribution in [2.75, 3.05) is 6.61 Å². The number of aryl methyl sites for hydroxylation is 1. The van der Waals surface area contributed by atoms with Gasteiger partial charge in [-0.1, -0.05) is 13.8 Å². The van der Waals surface area contributed by atoms with Crippen molar-refractivity contribution >= 4 is 5.97 Å². The van der Waals surface area contributed by atoms with Crippen LogP contribution in [-0.4, -0.2) is 22.4 Å². The summed E-state index contributed by atoms with van der Waals surface area (Å²) in [6, 6.07) is 2.73. The molecular weight excluding hydrogens is 208 g/mol. The van der Waals surface area contributed by atoms with E-state index in [-0.39, 0.29) is 11.3 Å². The van der Waals surface area contributed by atoms with Gasteiger partial charge in [-0.25, -0.2) is 9.48 Å². The molecule has 0 unspecified atom stereocenters. The van der Waals surface area contributed by atoms with Crippen LogP contribution in [0.5, 0.6) is 0 Å². The van der Waals surface area contributed by atoms with E-state index in [2.05, 4.69) is 5.10 Å². The highest BCUT2D eigenvalue weighted by molar-refractivity contribution is 5.86. The molecule has 1 heterocycles. The number of nitrogens with zero attached hydrogens (tertiary/aromatic N) is 2. The van der Waals surface area contributed by atoms with Crippen molar-refractivity contribution in [1.82, 2.24) is 9.78 Å². The molecule has 1 aromatic rings. The summed E-state index contributed by atoms with van der Waals surface area (Å²) in [5, 5.41) is 3.94. The summed E-state index contributed by atoms with van der Waals surface area (Å²) in [5.74, 6) is -0.480. The normalized spacial score (nSPS) is 10.1. The van der Waals surface area contributed by atoms with Crippen LogP contribution in [0.4, 0.5) is 0 Å². The largest absolute Gasteiger partial charge is 0.461 e. The van der Waals surface area contributed by atoms with Crippen LogP contribution in [0.2, 0.25) is 0 Å². The standard InChI is InChI=1S/C11H16N2O3/c1-3-7-13-10(14)6-5-9(12-13)11(15)16-8-4-2/h5-6H,3-4,7-8H2,1-2H3. The van der Waals surface area contributed by atoms with Crippen LogP contribution >= 0.6 is 0 Å². The lowest BCUT2D eigenvalue weighted by molar-refractivity contribution is 0.0495. The Kier molecular flexibility index (Phi) is 4.69. The van der Waals surface area contributed by atoms with E-state index < -0.39 is 5.97 Å². The fourth-order valence-electron chi connectivity index (χ4n) is 1.20. The summed E-state index contributed by atoms with van der Waals surface area (Å²) in [7, 11) is 0. The molecule has 88 valence electrons. The predicted octanol–water partition coefficient (Wildman–Crippen LogP) is 1.22. The molecule has 0 atom stereocenters. The van der Waals surface area contributed by atoms with E-state index in [0.717, 1.165) is 12.8 Å². The van der Waals surface area contributed by atoms with Gasteiger partial charge >= 0.3 is 5.97 Å². The fourth-order valence-corrected chi connectivity index (χ4v) is 1.20. The van der Waals surface area contributed by atoms with E-state index in [0.29, 0.717) is 13.2 Å². The number of ether oxygens (including phenoxy) is 1. The van der Waals surface area contributed by atoms with Crippen LogP contribution in [0.1, 0.15) is 37.2 Å². The molecule has 0 aliphatic heterocycles. The van der Waals surface area contributed by atoms with Crippen LogP contribution < -0.4 is 5.56 Å². The molecule has 0 amide bonds. The zero-order chi connectivity index (χ0) is 12.0. The molecular formula is C11H16N2O3. The lowest BCUT2D eigenvalue weighted by atomic mass is 10.4. The van der Waals surface area contributed by atoms with E-state index in [9.17, 15) is 9.59 Å². The van der Waals surface area contributed by atoms with Gasteiger partial charge in [-0.05, 0) is 18.9 Å². The summed E-state index contributed by atoms with van der Waals surface area (Å²) in [6.45, 7) is 4.73. The first-order valence-electron chi connectivity index (χ1n) is 5.44. The van der Waals surface area contributed by atoms with Gasteiger partial charge in [-0.3, -0.25) is 4.79 Å². The van der Waals surface area contributed by atoms with E-state index in [1.807, 2.05) is 13.8 Å². The molecule has 0 bridgehead atoms. The maximum atomic E-state index is 11.5. The van der Waals surface area contributed by atoms with Crippen LogP contribution in [0.3, 0.4) is 0 Å². The molecule has 5 nitrogen and oxygen atoms in total. The number of hydrogen-bond acceptors (Lipinski definition) is 4. The van der Waals surface area contributed by atoms with Gasteiger partial charge in [-0.2, -0.15) is 5.10 Å². The van der Waals surface area contributed by atoms with Crippen LogP contribution in [0, 0.1) is 0 Å². The van der Waals surface area contributed by atoms with E-state index >= 15 is 0 Å². The second-order valence-electron chi connectivity index (χ2n) is 3.42. The Balaban J connectivity index is 2.85. The minimum Gasteiger partial charge on any atom is -0.461 e. The first-order chi connectivity index (χ1) is 7.69. The minimum atomic E-state index is -0.480. The molecule has 0 saturated carbocycles. The Morgan fingerprint density at radius 1 is 1.38 bits per heavy atom. The summed E-state index contributed by atoms with van der Waals surface area (Å²) in [6.07, 6.45) is 1.56. The average molecular weight is 224 g/mol. The van der Waals surface area contributed by atoms with Crippen LogP contribution in [0.15, 0.2) is 16.9 Å². The smallest absolute Gasteiger partial charge is 0.358 e. The highest BCUT2D eigenvalue weighted by Gasteiger charge is 2.10. The second kappa shape index (κ2) is 6.05. The molecule has 5 heteroatoms. The molecule has 0 radical (unpaired) electrons. The maximum Gasteiger partial charge on any atom is 0.358 e. The Labute approximate surface area is 94.0 Å². The van der Waals surface area contributed by atoms with Gasteiger partial charge in [0, 0.05) is 12.6 Å². The number of rotatable bonds is 5. The fraction of sp³-hybridized carbons (Fsp3) is 0.545. The van der Waals surface area contributed by atoms with Crippen molar-refractivity contribution in [2.45, 2.75) is 33.2 Å². The van der Waals surface area contributed by atoms with Crippen molar-refractivity contribution in [2.24, 2.45) is 0 Å². The quantitative estimate of drug-likeness (QED) is 0.705. The van der Waals surface area contributed by atoms with Crippen molar-refractivity contribution in [3.63, 3.8) is 0 Å². The first-order valence-corrected chi connectivity index (χ1v) is 5.44. The van der Waals surface area contributed by atoms with Gasteiger partial charge < -0.3 is 4.74 Å². The van der Waals surface area contributed by atoms with Crippen molar-refractivity contribution < 1.29 is 9.53 Å². The number of hydrogen-bond donors (Lipinski definition) is 0. The Morgan fingerprint density at radius 3 is 2.75 bits per heavy atom. The third kappa shape index (κ3) is 3.18. The van der Waals surface area contributed by atoms with Crippen molar-refractivity contribution in [3.05, 3.63) is 28.2 Å². The molecule has 0 saturated heterocycles. The zero-order valence-electron chi connectivity index (χ0n) is 9.60. The van der Waals surface area contributed by atoms with Gasteiger partial charge in [-0.15, -0.1) is 0 Å². The zero-order valence-corrected chi connectivity index (χ0v) is 9.60. The van der Waals surface area contributed by atoms with Gasteiger partial charge in [0.05, 0.1) is 6.61 Å². The van der Waals surface area contributed by atoms with Crippen molar-refractivity contribution in [1.29, 1.82) is 0 Å². The summed E-state index contributed by atoms with van der Waals surface area (Å²) in [5.41, 5.74) is -0.0182. The van der Waals surface area contributed by atoms with E-state index in [1.165, 1.54) is 16.8 Å². The van der Waals surface area contributed by atoms with E-state index in [4.69, 9.17) is 4.74 Å². The summed E-state index contributed by atoms with van der Waals surface area (Å²) < 4.78 is 6.21. The first kappa shape index (κ1) is 12.4. The number of aromatic nitrogens is 2. The Morgan fingerprint density at radius 2 is 2.12 bits per heavy atom. The average Bonchev–Trinajstić information content (AvgIpc) is 2.29. The molecule has 1 rings (SSSR count). The van der Waals surface area contributed by atoms with E-state index in [1.54, 1.807) is 0 Å². The predicted molar refractivity (Wildman–Crippen MR) is 59.4 cm³/mol. The molecule has 0 N–H and O–H groups in total. The molecule has 0 aliphatic carbocycles. The van der Waals surface area contributed by atoms with Gasteiger partial charge in [0.1, 0.15) is 0 Å². The topological polar surface area (TPSA) is 61.2 Å². The highest BCUT2D eigenvalue weighted by Crippen LogP contribution is 1.96. The van der Waals surface area contributed by atoms with Crippen LogP contribution in [-0.2, 0) is 11.3 Å². The third-order valence-corrected chi connectivity index (χ3v) is 1.95. The van der Waals surface area contributed by atoms with Gasteiger partial charge in [0.2, 0.25) is 0 Å². The lowest BCUT2D eigenvalue weighted by Crippen LogP contribution is -2.24. The molecule has 1 aromatic heterocycles. The molecule has 0 spiro atoms. The van der Waals surface area contributed by atoms with Crippen molar-refractivity contribution in [3.8, 4) is 0 Å². The van der Waals surface area contributed by atoms with Gasteiger partial charge in [0.15, 0.2) is 5.69 Å². The number of carbonyl (C=O) groups excluding carboxylic acids is 1. The van der Waals surface area contributed by atoms with Crippen LogP contribution in [0.25, 0.3) is 0 Å². The molecule has 0 fully saturated rings. The highest BCUT2D eigenvalue weighted by atomic mass is 16.5.